The molecule has 166 valence electrons. The van der Waals surface area contributed by atoms with E-state index in [0.717, 1.165) is 57.7 Å². The van der Waals surface area contributed by atoms with Crippen LogP contribution in [0, 0.1) is 0 Å². The summed E-state index contributed by atoms with van der Waals surface area (Å²) in [5.41, 5.74) is 0.947. The van der Waals surface area contributed by atoms with E-state index in [0.29, 0.717) is 30.5 Å². The number of piperazine rings is 1. The topological polar surface area (TPSA) is 73.7 Å². The van der Waals surface area contributed by atoms with Crippen LogP contribution in [0.3, 0.4) is 0 Å². The highest BCUT2D eigenvalue weighted by atomic mass is 35.5. The Balaban J connectivity index is 1.23. The zero-order valence-corrected chi connectivity index (χ0v) is 18.4. The number of hydrogen-bond acceptors (Lipinski definition) is 5. The van der Waals surface area contributed by atoms with E-state index in [1.165, 1.54) is 0 Å². The molecule has 0 atom stereocenters. The number of halogens is 1. The molecule has 2 aliphatic rings. The van der Waals surface area contributed by atoms with E-state index in [2.05, 4.69) is 20.2 Å². The second-order valence-electron chi connectivity index (χ2n) is 8.15. The molecule has 9 heteroatoms. The fourth-order valence-electron chi connectivity index (χ4n) is 4.10. The van der Waals surface area contributed by atoms with Crippen LogP contribution < -0.4 is 5.32 Å². The van der Waals surface area contributed by atoms with Crippen molar-refractivity contribution >= 4 is 29.2 Å². The number of aromatic nitrogens is 2. The normalized spacial score (nSPS) is 17.8. The van der Waals surface area contributed by atoms with Crippen molar-refractivity contribution in [3.05, 3.63) is 47.1 Å². The van der Waals surface area contributed by atoms with Crippen molar-refractivity contribution in [1.29, 1.82) is 0 Å². The molecule has 0 saturated carbocycles. The maximum atomic E-state index is 12.6. The van der Waals surface area contributed by atoms with E-state index in [9.17, 15) is 9.59 Å². The largest absolute Gasteiger partial charge is 0.342 e. The molecule has 0 bridgehead atoms. The van der Waals surface area contributed by atoms with Gasteiger partial charge in [0.15, 0.2) is 0 Å². The van der Waals surface area contributed by atoms with E-state index in [4.69, 9.17) is 11.6 Å². The molecule has 0 radical (unpaired) electrons. The smallest absolute Gasteiger partial charge is 0.239 e. The Kier molecular flexibility index (Phi) is 7.21. The molecule has 2 fully saturated rings. The van der Waals surface area contributed by atoms with Crippen LogP contribution in [-0.4, -0.2) is 88.7 Å². The summed E-state index contributed by atoms with van der Waals surface area (Å²) < 4.78 is 1.74. The molecule has 2 saturated heterocycles. The predicted molar refractivity (Wildman–Crippen MR) is 120 cm³/mol. The van der Waals surface area contributed by atoms with Gasteiger partial charge < -0.3 is 10.2 Å². The Morgan fingerprint density at radius 1 is 0.935 bits per heavy atom. The first-order chi connectivity index (χ1) is 15.1. The van der Waals surface area contributed by atoms with Crippen molar-refractivity contribution in [2.45, 2.75) is 19.4 Å². The molecule has 0 spiro atoms. The number of nitrogens with one attached hydrogen (secondary N) is 1. The fourth-order valence-corrected chi connectivity index (χ4v) is 4.30. The number of hydrogen-bond donors (Lipinski definition) is 1. The quantitative estimate of drug-likeness (QED) is 0.704. The second kappa shape index (κ2) is 10.3. The summed E-state index contributed by atoms with van der Waals surface area (Å²) in [6.45, 7) is 6.25. The highest BCUT2D eigenvalue weighted by Gasteiger charge is 2.24. The number of nitrogens with zero attached hydrogens (tertiary/aromatic N) is 5. The third-order valence-corrected chi connectivity index (χ3v) is 6.28. The molecule has 1 aromatic heterocycles. The van der Waals surface area contributed by atoms with Gasteiger partial charge in [0.2, 0.25) is 11.8 Å². The summed E-state index contributed by atoms with van der Waals surface area (Å²) in [4.78, 5) is 31.2. The van der Waals surface area contributed by atoms with Gasteiger partial charge in [-0.3, -0.25) is 19.4 Å². The van der Waals surface area contributed by atoms with Crippen LogP contribution in [0.1, 0.15) is 18.4 Å². The van der Waals surface area contributed by atoms with Gasteiger partial charge in [-0.15, -0.1) is 0 Å². The molecule has 0 unspecified atom stereocenters. The molecular formula is C22H29ClN6O2. The lowest BCUT2D eigenvalue weighted by molar-refractivity contribution is -0.132. The second-order valence-corrected chi connectivity index (χ2v) is 8.56. The summed E-state index contributed by atoms with van der Waals surface area (Å²) in [6.07, 6.45) is 3.90. The molecule has 2 amide bonds. The fraction of sp³-hybridized carbons (Fsp3) is 0.500. The molecule has 8 nitrogen and oxygen atoms in total. The predicted octanol–water partition coefficient (Wildman–Crippen LogP) is 1.76. The average Bonchev–Trinajstić information content (AvgIpc) is 3.44. The van der Waals surface area contributed by atoms with Gasteiger partial charge in [0.25, 0.3) is 0 Å². The van der Waals surface area contributed by atoms with Crippen molar-refractivity contribution in [3.63, 3.8) is 0 Å². The van der Waals surface area contributed by atoms with Gasteiger partial charge in [-0.05, 0) is 24.5 Å². The van der Waals surface area contributed by atoms with Crippen molar-refractivity contribution in [1.82, 2.24) is 24.5 Å². The summed E-state index contributed by atoms with van der Waals surface area (Å²) in [5.74, 6) is 0.817. The molecular weight excluding hydrogens is 416 g/mol. The van der Waals surface area contributed by atoms with Gasteiger partial charge in [-0.2, -0.15) is 5.10 Å². The zero-order valence-electron chi connectivity index (χ0n) is 17.7. The first kappa shape index (κ1) is 21.8. The molecule has 2 aliphatic heterocycles. The summed E-state index contributed by atoms with van der Waals surface area (Å²) >= 11 is 6.25. The van der Waals surface area contributed by atoms with Crippen LogP contribution in [0.2, 0.25) is 5.02 Å². The molecule has 3 heterocycles. The Bertz CT molecular complexity index is 903. The first-order valence-electron chi connectivity index (χ1n) is 10.9. The number of carbonyl (C=O) groups is 2. The van der Waals surface area contributed by atoms with Crippen LogP contribution >= 0.6 is 11.6 Å². The van der Waals surface area contributed by atoms with E-state index < -0.39 is 0 Å². The SMILES string of the molecule is O=C(CN1CCN(CC(=O)N2CCCC2)CC1)Nc1ccnn1Cc1ccccc1Cl. The maximum absolute atomic E-state index is 12.6. The Morgan fingerprint density at radius 2 is 1.61 bits per heavy atom. The third-order valence-electron chi connectivity index (χ3n) is 5.91. The lowest BCUT2D eigenvalue weighted by Crippen LogP contribution is -2.51. The van der Waals surface area contributed by atoms with Gasteiger partial charge >= 0.3 is 0 Å². The highest BCUT2D eigenvalue weighted by molar-refractivity contribution is 6.31. The van der Waals surface area contributed by atoms with E-state index in [1.807, 2.05) is 29.2 Å². The minimum absolute atomic E-state index is 0.0671. The van der Waals surface area contributed by atoms with Crippen molar-refractivity contribution in [3.8, 4) is 0 Å². The summed E-state index contributed by atoms with van der Waals surface area (Å²) in [5, 5.41) is 7.95. The van der Waals surface area contributed by atoms with E-state index >= 15 is 0 Å². The van der Waals surface area contributed by atoms with Crippen LogP contribution in [0.25, 0.3) is 0 Å². The van der Waals surface area contributed by atoms with Crippen molar-refractivity contribution in [2.24, 2.45) is 0 Å². The number of likely N-dealkylation sites (tertiary alicyclic amines) is 1. The molecule has 1 N–H and O–H groups in total. The van der Waals surface area contributed by atoms with Gasteiger partial charge in [0.05, 0.1) is 25.8 Å². The number of amides is 2. The van der Waals surface area contributed by atoms with Crippen molar-refractivity contribution in [2.75, 3.05) is 57.7 Å². The molecule has 4 rings (SSSR count). The van der Waals surface area contributed by atoms with Crippen molar-refractivity contribution < 1.29 is 9.59 Å². The summed E-state index contributed by atoms with van der Waals surface area (Å²) in [6, 6.07) is 9.40. The molecule has 2 aromatic rings. The average molecular weight is 445 g/mol. The molecule has 1 aromatic carbocycles. The van der Waals surface area contributed by atoms with E-state index in [-0.39, 0.29) is 11.8 Å². The van der Waals surface area contributed by atoms with E-state index in [1.54, 1.807) is 16.9 Å². The third kappa shape index (κ3) is 5.84. The number of benzene rings is 1. The van der Waals surface area contributed by atoms with Crippen LogP contribution in [0.15, 0.2) is 36.5 Å². The van der Waals surface area contributed by atoms with Gasteiger partial charge in [0.1, 0.15) is 5.82 Å². The lowest BCUT2D eigenvalue weighted by atomic mass is 10.2. The van der Waals surface area contributed by atoms with Gasteiger partial charge in [-0.25, -0.2) is 4.68 Å². The standard InChI is InChI=1S/C22H29ClN6O2/c23-19-6-2-1-5-18(19)15-29-20(7-8-24-29)25-21(30)16-26-11-13-27(14-12-26)17-22(31)28-9-3-4-10-28/h1-2,5-8H,3-4,9-17H2,(H,25,30). The Hall–Kier alpha value is -2.42. The van der Waals surface area contributed by atoms with Crippen LogP contribution in [0.5, 0.6) is 0 Å². The number of carbonyl (C=O) groups excluding carboxylic acids is 2. The monoisotopic (exact) mass is 444 g/mol. The lowest BCUT2D eigenvalue weighted by Gasteiger charge is -2.34. The minimum atomic E-state index is -0.0671. The zero-order chi connectivity index (χ0) is 21.6. The number of rotatable bonds is 7. The molecule has 31 heavy (non-hydrogen) atoms. The highest BCUT2D eigenvalue weighted by Crippen LogP contribution is 2.18. The Labute approximate surface area is 187 Å². The Morgan fingerprint density at radius 3 is 2.32 bits per heavy atom. The first-order valence-corrected chi connectivity index (χ1v) is 11.2. The maximum Gasteiger partial charge on any atom is 0.239 e. The molecule has 0 aliphatic carbocycles. The number of anilines is 1. The van der Waals surface area contributed by atoms with Gasteiger partial charge in [-0.1, -0.05) is 29.8 Å². The van der Waals surface area contributed by atoms with Crippen LogP contribution in [-0.2, 0) is 16.1 Å². The van der Waals surface area contributed by atoms with Gasteiger partial charge in [0, 0.05) is 50.4 Å². The van der Waals surface area contributed by atoms with Crippen LogP contribution in [0.4, 0.5) is 5.82 Å². The minimum Gasteiger partial charge on any atom is -0.342 e. The summed E-state index contributed by atoms with van der Waals surface area (Å²) in [7, 11) is 0.